The maximum absolute atomic E-state index is 16.7. The number of pyridine rings is 2. The second-order valence-electron chi connectivity index (χ2n) is 13.0. The van der Waals surface area contributed by atoms with Crippen molar-refractivity contribution >= 4 is 66.5 Å². The van der Waals surface area contributed by atoms with Crippen molar-refractivity contribution < 1.29 is 29.9 Å². The summed E-state index contributed by atoms with van der Waals surface area (Å²) in [7, 11) is 0. The molecule has 0 bridgehead atoms. The van der Waals surface area contributed by atoms with Crippen molar-refractivity contribution in [3.05, 3.63) is 156 Å². The third-order valence-corrected chi connectivity index (χ3v) is 9.96. The third-order valence-electron chi connectivity index (χ3n) is 9.96. The van der Waals surface area contributed by atoms with Gasteiger partial charge in [-0.05, 0) is 35.2 Å². The van der Waals surface area contributed by atoms with Crippen molar-refractivity contribution in [1.82, 2.24) is 14.4 Å². The predicted molar refractivity (Wildman–Crippen MR) is 189 cm³/mol. The summed E-state index contributed by atoms with van der Waals surface area (Å²) in [4.78, 5) is 11.6. The van der Waals surface area contributed by atoms with Crippen LogP contribution >= 0.6 is 0 Å². The Morgan fingerprint density at radius 2 is 1.53 bits per heavy atom. The van der Waals surface area contributed by atoms with Crippen LogP contribution in [0.3, 0.4) is 0 Å². The molecule has 5 heterocycles. The summed E-state index contributed by atoms with van der Waals surface area (Å²) in [6.45, 7) is 4.45. The molecule has 0 fully saturated rings. The fourth-order valence-electron chi connectivity index (χ4n) is 7.58. The topological polar surface area (TPSA) is 46.6 Å². The van der Waals surface area contributed by atoms with Crippen LogP contribution in [0.1, 0.15) is 42.3 Å². The summed E-state index contributed by atoms with van der Waals surface area (Å²) in [5.41, 5.74) is 7.79. The van der Waals surface area contributed by atoms with Gasteiger partial charge in [-0.2, -0.15) is 18.2 Å². The summed E-state index contributed by atoms with van der Waals surface area (Å²) in [5.74, 6) is 0.792. The van der Waals surface area contributed by atoms with Crippen LogP contribution in [-0.4, -0.2) is 14.4 Å². The zero-order chi connectivity index (χ0) is 32.1. The van der Waals surface area contributed by atoms with Crippen molar-refractivity contribution in [3.8, 4) is 0 Å². The second-order valence-corrected chi connectivity index (χ2v) is 13.0. The number of nitrogens with zero attached hydrogens (tertiary/aromatic N) is 4. The van der Waals surface area contributed by atoms with Crippen molar-refractivity contribution in [2.24, 2.45) is 0 Å². The van der Waals surface area contributed by atoms with Gasteiger partial charge in [0, 0.05) is 51.9 Å². The van der Waals surface area contributed by atoms with E-state index in [1.807, 2.05) is 71.3 Å². The normalized spacial score (nSPS) is 14.3. The van der Waals surface area contributed by atoms with E-state index in [0.717, 1.165) is 71.9 Å². The Morgan fingerprint density at radius 1 is 0.714 bits per heavy atom. The van der Waals surface area contributed by atoms with Gasteiger partial charge in [0.25, 0.3) is 0 Å². The minimum Gasteiger partial charge on any atom is -0.456 e. The monoisotopic (exact) mass is 817 g/mol. The summed E-state index contributed by atoms with van der Waals surface area (Å²) in [5, 5.41) is 5.00. The molecule has 0 saturated carbocycles. The number of alkyl halides is 1. The van der Waals surface area contributed by atoms with Gasteiger partial charge in [0.05, 0.1) is 11.3 Å². The number of hydrogen-bond acceptors (Lipinski definition) is 4. The van der Waals surface area contributed by atoms with Crippen molar-refractivity contribution in [1.29, 1.82) is 0 Å². The maximum Gasteiger partial charge on any atom is 2.00 e. The number of rotatable bonds is 3. The molecule has 9 aromatic rings. The molecule has 0 N–H and O–H groups in total. The Hall–Kier alpha value is -5.32. The quantitative estimate of drug-likeness (QED) is 0.132. The van der Waals surface area contributed by atoms with Gasteiger partial charge in [-0.1, -0.05) is 78.3 Å². The van der Waals surface area contributed by atoms with E-state index in [1.165, 1.54) is 0 Å². The minimum absolute atomic E-state index is 0. The van der Waals surface area contributed by atoms with Gasteiger partial charge in [0.15, 0.2) is 0 Å². The van der Waals surface area contributed by atoms with Crippen LogP contribution in [0, 0.1) is 12.1 Å². The number of halogens is 1. The molecule has 0 amide bonds. The van der Waals surface area contributed by atoms with Gasteiger partial charge in [0.2, 0.25) is 0 Å². The molecule has 1 aliphatic heterocycles. The average molecular weight is 818 g/mol. The number of fused-ring (bicyclic) bond motifs is 11. The molecule has 10 rings (SSSR count). The largest absolute Gasteiger partial charge is 2.00 e. The third kappa shape index (κ3) is 4.27. The molecule has 0 saturated heterocycles. The van der Waals surface area contributed by atoms with E-state index in [9.17, 15) is 0 Å². The van der Waals surface area contributed by atoms with Gasteiger partial charge in [-0.15, -0.1) is 29.8 Å². The summed E-state index contributed by atoms with van der Waals surface area (Å²) in [6.07, 6.45) is 4.05. The minimum atomic E-state index is -1.46. The number of para-hydroxylation sites is 2. The molecule has 4 aromatic heterocycles. The number of hydrogen-bond donors (Lipinski definition) is 0. The molecule has 5 nitrogen and oxygen atoms in total. The zero-order valence-corrected chi connectivity index (χ0v) is 28.8. The SMILES string of the molecule is CC1(C)c2cc3c(cc2N(c2[c-]c(C(F)c4[c-]c5c(cc4)c4ccccc4n4ccnc54)ccc2)c2ncccc21)oc1ccccc13.[Pt+2]. The average Bonchev–Trinajstić information content (AvgIpc) is 3.76. The van der Waals surface area contributed by atoms with E-state index in [-0.39, 0.29) is 26.5 Å². The van der Waals surface area contributed by atoms with Crippen LogP contribution in [0.2, 0.25) is 0 Å². The van der Waals surface area contributed by atoms with Crippen LogP contribution in [0.5, 0.6) is 0 Å². The van der Waals surface area contributed by atoms with Crippen molar-refractivity contribution in [3.63, 3.8) is 0 Å². The van der Waals surface area contributed by atoms with Crippen molar-refractivity contribution in [2.45, 2.75) is 25.4 Å². The van der Waals surface area contributed by atoms with Crippen LogP contribution < -0.4 is 4.90 Å². The second kappa shape index (κ2) is 10.8. The molecule has 0 aliphatic carbocycles. The van der Waals surface area contributed by atoms with Crippen LogP contribution in [0.4, 0.5) is 21.6 Å². The Labute approximate surface area is 295 Å². The molecule has 49 heavy (non-hydrogen) atoms. The Bertz CT molecular complexity index is 2760. The van der Waals surface area contributed by atoms with E-state index < -0.39 is 6.17 Å². The smallest absolute Gasteiger partial charge is 0.456 e. The number of anilines is 3. The summed E-state index contributed by atoms with van der Waals surface area (Å²) >= 11 is 0. The van der Waals surface area contributed by atoms with Crippen LogP contribution in [0.25, 0.3) is 49.3 Å². The fourth-order valence-corrected chi connectivity index (χ4v) is 7.58. The molecule has 0 spiro atoms. The molecule has 0 radical (unpaired) electrons. The molecule has 5 aromatic carbocycles. The van der Waals surface area contributed by atoms with E-state index in [2.05, 4.69) is 72.3 Å². The fraction of sp³-hybridized carbons (Fsp3) is 0.0952. The molecule has 7 heteroatoms. The number of furan rings is 1. The number of benzene rings is 5. The zero-order valence-electron chi connectivity index (χ0n) is 26.5. The Kier molecular flexibility index (Phi) is 6.59. The van der Waals surface area contributed by atoms with Crippen LogP contribution in [-0.2, 0) is 26.5 Å². The van der Waals surface area contributed by atoms with Crippen molar-refractivity contribution in [2.75, 3.05) is 4.90 Å². The molecule has 238 valence electrons. The van der Waals surface area contributed by atoms with Gasteiger partial charge < -0.3 is 13.7 Å². The van der Waals surface area contributed by atoms with Gasteiger partial charge >= 0.3 is 21.1 Å². The predicted octanol–water partition coefficient (Wildman–Crippen LogP) is 10.7. The summed E-state index contributed by atoms with van der Waals surface area (Å²) in [6, 6.07) is 41.0. The van der Waals surface area contributed by atoms with Crippen LogP contribution in [0.15, 0.2) is 126 Å². The first-order valence-electron chi connectivity index (χ1n) is 16.0. The van der Waals surface area contributed by atoms with Gasteiger partial charge in [-0.25, -0.2) is 9.37 Å². The van der Waals surface area contributed by atoms with Gasteiger partial charge in [-0.3, -0.25) is 4.98 Å². The summed E-state index contributed by atoms with van der Waals surface area (Å²) < 4.78 is 25.1. The molecular weight excluding hydrogens is 791 g/mol. The number of imidazole rings is 1. The Balaban J connectivity index is 0.00000325. The van der Waals surface area contributed by atoms with E-state index >= 15 is 4.39 Å². The van der Waals surface area contributed by atoms with E-state index in [1.54, 1.807) is 18.5 Å². The Morgan fingerprint density at radius 3 is 2.43 bits per heavy atom. The van der Waals surface area contributed by atoms with E-state index in [4.69, 9.17) is 9.40 Å². The first kappa shape index (κ1) is 29.8. The van der Waals surface area contributed by atoms with E-state index in [0.29, 0.717) is 16.8 Å². The molecular formula is C42H27FN4OPt. The molecule has 1 unspecified atom stereocenters. The number of aromatic nitrogens is 3. The molecule has 1 aliphatic rings. The first-order valence-corrected chi connectivity index (χ1v) is 16.0. The standard InChI is InChI=1S/C42H27FN4O.Pt/c1-42(2)33-13-8-18-44-41(33)47(36-24-38-31(23-34(36)42)30-12-4-6-15-37(30)48-38)27-10-7-9-25(21-27)39(43)26-16-17-28-29-11-3-5-14-35(29)46-20-19-45-40(46)32(28)22-26;/h3-20,23-24,39H,1-2H3;/q-2;+2. The maximum atomic E-state index is 16.7. The first-order chi connectivity index (χ1) is 23.5. The van der Waals surface area contributed by atoms with Gasteiger partial charge in [0.1, 0.15) is 23.2 Å². The molecule has 1 atom stereocenters.